The maximum atomic E-state index is 14.6. The Bertz CT molecular complexity index is 1260. The van der Waals surface area contributed by atoms with Crippen molar-refractivity contribution >= 4 is 33.3 Å². The number of esters is 1. The van der Waals surface area contributed by atoms with Gasteiger partial charge in [0.05, 0.1) is 29.9 Å². The predicted molar refractivity (Wildman–Crippen MR) is 125 cm³/mol. The van der Waals surface area contributed by atoms with E-state index >= 15 is 0 Å². The molecule has 0 fully saturated rings. The van der Waals surface area contributed by atoms with Gasteiger partial charge in [-0.2, -0.15) is 0 Å². The van der Waals surface area contributed by atoms with E-state index in [0.29, 0.717) is 21.3 Å². The van der Waals surface area contributed by atoms with Crippen LogP contribution < -0.4 is 14.4 Å². The first-order valence-electron chi connectivity index (χ1n) is 10.2. The largest absolute Gasteiger partial charge is 0.497 e. The number of para-hydroxylation sites is 1. The van der Waals surface area contributed by atoms with E-state index in [2.05, 4.69) is 5.32 Å². The third-order valence-corrected chi connectivity index (χ3v) is 6.51. The van der Waals surface area contributed by atoms with Crippen LogP contribution in [0.2, 0.25) is 0 Å². The van der Waals surface area contributed by atoms with Crippen molar-refractivity contribution in [3.63, 3.8) is 0 Å². The van der Waals surface area contributed by atoms with Crippen LogP contribution in [-0.4, -0.2) is 40.6 Å². The average molecular weight is 487 g/mol. The van der Waals surface area contributed by atoms with Gasteiger partial charge in [-0.05, 0) is 67.6 Å². The zero-order valence-corrected chi connectivity index (χ0v) is 19.3. The molecule has 0 bridgehead atoms. The number of methoxy groups -OCH3 is 1. The van der Waals surface area contributed by atoms with E-state index in [1.165, 1.54) is 73.8 Å². The predicted octanol–water partition coefficient (Wildman–Crippen LogP) is 3.85. The molecule has 10 heteroatoms. The number of hydrogen-bond acceptors (Lipinski definition) is 6. The number of carbonyl (C=O) groups excluding carboxylic acids is 2. The number of benzene rings is 3. The molecule has 0 saturated carbocycles. The average Bonchev–Trinajstić information content (AvgIpc) is 2.83. The Kier molecular flexibility index (Phi) is 7.85. The molecule has 0 aliphatic rings. The topological polar surface area (TPSA) is 102 Å². The molecule has 3 aromatic carbocycles. The number of rotatable bonds is 9. The van der Waals surface area contributed by atoms with E-state index < -0.39 is 34.3 Å². The molecule has 0 spiro atoms. The molecule has 0 aliphatic carbocycles. The van der Waals surface area contributed by atoms with Crippen LogP contribution in [0.25, 0.3) is 0 Å². The number of carbonyl (C=O) groups is 2. The normalized spacial score (nSPS) is 10.9. The third kappa shape index (κ3) is 5.70. The summed E-state index contributed by atoms with van der Waals surface area (Å²) in [4.78, 5) is 24.4. The summed E-state index contributed by atoms with van der Waals surface area (Å²) in [6.45, 7) is 1.23. The van der Waals surface area contributed by atoms with Crippen LogP contribution in [0.1, 0.15) is 17.3 Å². The van der Waals surface area contributed by atoms with E-state index in [-0.39, 0.29) is 17.2 Å². The first-order chi connectivity index (χ1) is 16.3. The first-order valence-corrected chi connectivity index (χ1v) is 11.7. The molecule has 178 valence electrons. The molecule has 0 radical (unpaired) electrons. The van der Waals surface area contributed by atoms with Crippen molar-refractivity contribution in [1.29, 1.82) is 0 Å². The van der Waals surface area contributed by atoms with Gasteiger partial charge < -0.3 is 14.8 Å². The molecule has 0 unspecified atom stereocenters. The lowest BCUT2D eigenvalue weighted by atomic mass is 10.2. The molecule has 3 aromatic rings. The van der Waals surface area contributed by atoms with Gasteiger partial charge >= 0.3 is 5.97 Å². The highest BCUT2D eigenvalue weighted by Gasteiger charge is 2.29. The summed E-state index contributed by atoms with van der Waals surface area (Å²) < 4.78 is 51.9. The van der Waals surface area contributed by atoms with Crippen LogP contribution >= 0.6 is 0 Å². The van der Waals surface area contributed by atoms with E-state index in [1.807, 2.05) is 0 Å². The highest BCUT2D eigenvalue weighted by atomic mass is 32.2. The number of nitrogens with one attached hydrogen (secondary N) is 1. The fraction of sp³-hybridized carbons (Fsp3) is 0.167. The molecule has 3 rings (SSSR count). The summed E-state index contributed by atoms with van der Waals surface area (Å²) in [5, 5.41) is 2.56. The van der Waals surface area contributed by atoms with Crippen molar-refractivity contribution in [3.8, 4) is 5.75 Å². The van der Waals surface area contributed by atoms with Crippen molar-refractivity contribution < 1.29 is 31.9 Å². The molecule has 0 aliphatic heterocycles. The number of halogens is 1. The van der Waals surface area contributed by atoms with Crippen LogP contribution in [0.15, 0.2) is 77.7 Å². The lowest BCUT2D eigenvalue weighted by molar-refractivity contribution is -0.114. The maximum Gasteiger partial charge on any atom is 0.338 e. The Morgan fingerprint density at radius 1 is 0.971 bits per heavy atom. The van der Waals surface area contributed by atoms with Crippen LogP contribution in [0, 0.1) is 5.82 Å². The van der Waals surface area contributed by atoms with Crippen LogP contribution in [0.5, 0.6) is 5.75 Å². The lowest BCUT2D eigenvalue weighted by Crippen LogP contribution is -2.38. The highest BCUT2D eigenvalue weighted by molar-refractivity contribution is 7.92. The van der Waals surface area contributed by atoms with Crippen LogP contribution in [-0.2, 0) is 19.6 Å². The van der Waals surface area contributed by atoms with Gasteiger partial charge in [-0.1, -0.05) is 12.1 Å². The highest BCUT2D eigenvalue weighted by Crippen LogP contribution is 2.27. The Morgan fingerprint density at radius 3 is 2.21 bits per heavy atom. The van der Waals surface area contributed by atoms with Crippen molar-refractivity contribution in [2.45, 2.75) is 11.8 Å². The minimum absolute atomic E-state index is 0.136. The number of sulfonamides is 1. The molecule has 1 amide bonds. The molecule has 0 heterocycles. The minimum Gasteiger partial charge on any atom is -0.497 e. The molecule has 8 nitrogen and oxygen atoms in total. The van der Waals surface area contributed by atoms with E-state index in [1.54, 1.807) is 6.92 Å². The Hall–Kier alpha value is -3.92. The molecule has 34 heavy (non-hydrogen) atoms. The second-order valence-corrected chi connectivity index (χ2v) is 8.85. The van der Waals surface area contributed by atoms with Gasteiger partial charge in [-0.25, -0.2) is 17.6 Å². The molecule has 0 aromatic heterocycles. The van der Waals surface area contributed by atoms with E-state index in [0.717, 1.165) is 6.07 Å². The second-order valence-electron chi connectivity index (χ2n) is 6.98. The van der Waals surface area contributed by atoms with Crippen molar-refractivity contribution in [3.05, 3.63) is 84.2 Å². The molecule has 1 N–H and O–H groups in total. The second kappa shape index (κ2) is 10.8. The monoisotopic (exact) mass is 486 g/mol. The maximum absolute atomic E-state index is 14.6. The number of hydrogen-bond donors (Lipinski definition) is 1. The van der Waals surface area contributed by atoms with Gasteiger partial charge in [-0.3, -0.25) is 9.10 Å². The number of nitrogens with zero attached hydrogens (tertiary/aromatic N) is 1. The fourth-order valence-electron chi connectivity index (χ4n) is 3.06. The van der Waals surface area contributed by atoms with Gasteiger partial charge in [0.2, 0.25) is 5.91 Å². The number of amides is 1. The Balaban J connectivity index is 1.86. The summed E-state index contributed by atoms with van der Waals surface area (Å²) in [5.74, 6) is -1.56. The summed E-state index contributed by atoms with van der Waals surface area (Å²) in [5.41, 5.74) is 0.356. The van der Waals surface area contributed by atoms with E-state index in [9.17, 15) is 22.4 Å². The summed E-state index contributed by atoms with van der Waals surface area (Å²) in [7, 11) is -2.85. The first kappa shape index (κ1) is 24.7. The standard InChI is InChI=1S/C24H23FN2O6S/c1-3-33-24(29)17-8-10-18(11-9-17)26-23(28)16-27(22-7-5-4-6-21(22)25)34(30,31)20-14-12-19(32-2)13-15-20/h4-15H,3,16H2,1-2H3,(H,26,28). The van der Waals surface area contributed by atoms with Crippen LogP contribution in [0.4, 0.5) is 15.8 Å². The van der Waals surface area contributed by atoms with E-state index in [4.69, 9.17) is 9.47 Å². The smallest absolute Gasteiger partial charge is 0.338 e. The molecular weight excluding hydrogens is 463 g/mol. The molecular formula is C24H23FN2O6S. The third-order valence-electron chi connectivity index (χ3n) is 4.74. The van der Waals surface area contributed by atoms with Gasteiger partial charge in [0.25, 0.3) is 10.0 Å². The number of anilines is 2. The van der Waals surface area contributed by atoms with Gasteiger partial charge in [0, 0.05) is 5.69 Å². The van der Waals surface area contributed by atoms with Crippen molar-refractivity contribution in [1.82, 2.24) is 0 Å². The summed E-state index contributed by atoms with van der Waals surface area (Å²) >= 11 is 0. The fourth-order valence-corrected chi connectivity index (χ4v) is 4.49. The van der Waals surface area contributed by atoms with Gasteiger partial charge in [-0.15, -0.1) is 0 Å². The summed E-state index contributed by atoms with van der Waals surface area (Å²) in [6, 6.07) is 16.7. The van der Waals surface area contributed by atoms with Crippen molar-refractivity contribution in [2.24, 2.45) is 0 Å². The van der Waals surface area contributed by atoms with Crippen LogP contribution in [0.3, 0.4) is 0 Å². The SMILES string of the molecule is CCOC(=O)c1ccc(NC(=O)CN(c2ccccc2F)S(=O)(=O)c2ccc(OC)cc2)cc1. The van der Waals surface area contributed by atoms with Crippen molar-refractivity contribution in [2.75, 3.05) is 29.9 Å². The Labute approximate surface area is 197 Å². The summed E-state index contributed by atoms with van der Waals surface area (Å²) in [6.07, 6.45) is 0. The molecule has 0 atom stereocenters. The van der Waals surface area contributed by atoms with Gasteiger partial charge in [0.1, 0.15) is 18.1 Å². The number of ether oxygens (including phenoxy) is 2. The van der Waals surface area contributed by atoms with Gasteiger partial charge in [0.15, 0.2) is 0 Å². The lowest BCUT2D eigenvalue weighted by Gasteiger charge is -2.24. The minimum atomic E-state index is -4.30. The zero-order chi connectivity index (χ0) is 24.7. The zero-order valence-electron chi connectivity index (χ0n) is 18.5. The molecule has 0 saturated heterocycles. The quantitative estimate of drug-likeness (QED) is 0.461. The Morgan fingerprint density at radius 2 is 1.62 bits per heavy atom.